The Morgan fingerprint density at radius 1 is 1.26 bits per heavy atom. The molecule has 0 amide bonds. The Morgan fingerprint density at radius 2 is 1.97 bits per heavy atom. The van der Waals surface area contributed by atoms with E-state index in [-0.39, 0.29) is 29.8 Å². The second kappa shape index (κ2) is 9.78. The standard InChI is InChI=1S/C23H23FINO5/c1-3-16(12-27)26-11-18(23(29)30)22(28)17-8-15(20(31-2)9-19(17)26)7-13-5-4-6-14(10-25)21(13)24/h4-6,8-9,11,16,27H,3,7,10,12H2,1-2H3,(H,29,30)/t16-/m0/s1. The Balaban J connectivity index is 2.29. The fourth-order valence-electron chi connectivity index (χ4n) is 3.70. The molecule has 0 aliphatic heterocycles. The second-order valence-corrected chi connectivity index (χ2v) is 7.97. The van der Waals surface area contributed by atoms with Crippen molar-refractivity contribution >= 4 is 39.5 Å². The van der Waals surface area contributed by atoms with Gasteiger partial charge in [0, 0.05) is 28.5 Å². The molecule has 0 saturated heterocycles. The summed E-state index contributed by atoms with van der Waals surface area (Å²) >= 11 is 2.10. The van der Waals surface area contributed by atoms with Gasteiger partial charge in [0.25, 0.3) is 0 Å². The van der Waals surface area contributed by atoms with Crippen LogP contribution in [-0.4, -0.2) is 34.5 Å². The summed E-state index contributed by atoms with van der Waals surface area (Å²) in [5.74, 6) is -1.19. The number of carboxylic acids is 1. The summed E-state index contributed by atoms with van der Waals surface area (Å²) in [6.45, 7) is 1.64. The second-order valence-electron chi connectivity index (χ2n) is 7.21. The van der Waals surface area contributed by atoms with Crippen LogP contribution >= 0.6 is 22.6 Å². The Labute approximate surface area is 192 Å². The monoisotopic (exact) mass is 539 g/mol. The fourth-order valence-corrected chi connectivity index (χ4v) is 4.29. The van der Waals surface area contributed by atoms with Gasteiger partial charge < -0.3 is 19.5 Å². The lowest BCUT2D eigenvalue weighted by Gasteiger charge is -2.21. The van der Waals surface area contributed by atoms with Crippen molar-refractivity contribution in [1.29, 1.82) is 0 Å². The molecule has 0 spiro atoms. The molecular formula is C23H23FINO5. The smallest absolute Gasteiger partial charge is 0.341 e. The zero-order valence-electron chi connectivity index (χ0n) is 17.2. The van der Waals surface area contributed by atoms with Gasteiger partial charge in [0.15, 0.2) is 0 Å². The molecule has 31 heavy (non-hydrogen) atoms. The number of methoxy groups -OCH3 is 1. The maximum Gasteiger partial charge on any atom is 0.341 e. The Morgan fingerprint density at radius 3 is 2.55 bits per heavy atom. The third-order valence-corrected chi connectivity index (χ3v) is 6.25. The lowest BCUT2D eigenvalue weighted by Crippen LogP contribution is -2.22. The van der Waals surface area contributed by atoms with E-state index in [4.69, 9.17) is 4.74 Å². The molecule has 1 heterocycles. The number of aliphatic hydroxyl groups excluding tert-OH is 1. The van der Waals surface area contributed by atoms with Crippen molar-refractivity contribution in [1.82, 2.24) is 4.57 Å². The molecule has 0 aliphatic rings. The molecule has 8 heteroatoms. The number of carboxylic acid groups (broad SMARTS) is 1. The van der Waals surface area contributed by atoms with Gasteiger partial charge in [-0.25, -0.2) is 9.18 Å². The molecule has 2 N–H and O–H groups in total. The van der Waals surface area contributed by atoms with Crippen LogP contribution in [0.1, 0.15) is 46.4 Å². The van der Waals surface area contributed by atoms with Gasteiger partial charge in [-0.3, -0.25) is 4.79 Å². The number of halogens is 2. The summed E-state index contributed by atoms with van der Waals surface area (Å²) < 4.78 is 22.5. The predicted octanol–water partition coefficient (Wildman–Crippen LogP) is 4.32. The highest BCUT2D eigenvalue weighted by Crippen LogP contribution is 2.30. The molecule has 0 aliphatic carbocycles. The molecule has 6 nitrogen and oxygen atoms in total. The van der Waals surface area contributed by atoms with Crippen LogP contribution in [0.25, 0.3) is 10.9 Å². The van der Waals surface area contributed by atoms with Gasteiger partial charge in [-0.2, -0.15) is 0 Å². The highest BCUT2D eigenvalue weighted by atomic mass is 127. The number of aromatic carboxylic acids is 1. The predicted molar refractivity (Wildman–Crippen MR) is 125 cm³/mol. The van der Waals surface area contributed by atoms with Crippen LogP contribution in [0.3, 0.4) is 0 Å². The van der Waals surface area contributed by atoms with Crippen molar-refractivity contribution in [3.8, 4) is 5.75 Å². The van der Waals surface area contributed by atoms with Crippen LogP contribution in [0, 0.1) is 5.82 Å². The van der Waals surface area contributed by atoms with Crippen molar-refractivity contribution in [2.45, 2.75) is 30.2 Å². The summed E-state index contributed by atoms with van der Waals surface area (Å²) in [7, 11) is 1.49. The van der Waals surface area contributed by atoms with Crippen LogP contribution in [0.4, 0.5) is 4.39 Å². The Kier molecular flexibility index (Phi) is 7.32. The molecule has 0 unspecified atom stereocenters. The van der Waals surface area contributed by atoms with E-state index in [1.807, 2.05) is 6.92 Å². The van der Waals surface area contributed by atoms with E-state index >= 15 is 0 Å². The number of aromatic nitrogens is 1. The molecule has 3 aromatic rings. The number of alkyl halides is 1. The van der Waals surface area contributed by atoms with Crippen LogP contribution in [-0.2, 0) is 10.8 Å². The number of pyridine rings is 1. The van der Waals surface area contributed by atoms with Gasteiger partial charge in [0.2, 0.25) is 5.43 Å². The third kappa shape index (κ3) is 4.45. The summed E-state index contributed by atoms with van der Waals surface area (Å²) in [6.07, 6.45) is 1.98. The molecule has 1 atom stereocenters. The zero-order valence-corrected chi connectivity index (χ0v) is 19.3. The number of fused-ring (bicyclic) bond motifs is 1. The highest BCUT2D eigenvalue weighted by Gasteiger charge is 2.21. The first-order valence-electron chi connectivity index (χ1n) is 9.78. The summed E-state index contributed by atoms with van der Waals surface area (Å²) in [5, 5.41) is 19.5. The van der Waals surface area contributed by atoms with Crippen LogP contribution in [0.5, 0.6) is 5.75 Å². The van der Waals surface area contributed by atoms with E-state index in [1.165, 1.54) is 13.3 Å². The highest BCUT2D eigenvalue weighted by molar-refractivity contribution is 14.1. The molecular weight excluding hydrogens is 516 g/mol. The number of hydrogen-bond donors (Lipinski definition) is 2. The van der Waals surface area contributed by atoms with Gasteiger partial charge in [-0.15, -0.1) is 0 Å². The molecule has 164 valence electrons. The normalized spacial score (nSPS) is 12.2. The maximum absolute atomic E-state index is 14.8. The average molecular weight is 539 g/mol. The number of ether oxygens (including phenoxy) is 1. The van der Waals surface area contributed by atoms with E-state index in [0.29, 0.717) is 38.8 Å². The van der Waals surface area contributed by atoms with E-state index in [9.17, 15) is 24.2 Å². The van der Waals surface area contributed by atoms with Crippen molar-refractivity contribution in [3.63, 3.8) is 0 Å². The van der Waals surface area contributed by atoms with Gasteiger partial charge in [-0.05, 0) is 29.2 Å². The lowest BCUT2D eigenvalue weighted by molar-refractivity contribution is 0.0694. The first-order chi connectivity index (χ1) is 14.9. The minimum absolute atomic E-state index is 0.184. The van der Waals surface area contributed by atoms with Gasteiger partial charge in [0.05, 0.1) is 25.3 Å². The molecule has 2 aromatic carbocycles. The molecule has 0 radical (unpaired) electrons. The number of hydrogen-bond acceptors (Lipinski definition) is 4. The van der Waals surface area contributed by atoms with Crippen molar-refractivity contribution in [3.05, 3.63) is 74.8 Å². The van der Waals surface area contributed by atoms with Crippen LogP contribution in [0.2, 0.25) is 0 Å². The van der Waals surface area contributed by atoms with E-state index in [0.717, 1.165) is 0 Å². The number of aliphatic hydroxyl groups is 1. The average Bonchev–Trinajstić information content (AvgIpc) is 2.77. The van der Waals surface area contributed by atoms with Gasteiger partial charge >= 0.3 is 5.97 Å². The van der Waals surface area contributed by atoms with E-state index < -0.39 is 17.4 Å². The molecule has 1 aromatic heterocycles. The minimum atomic E-state index is -1.34. The Hall–Kier alpha value is -2.46. The number of nitrogens with zero attached hydrogens (tertiary/aromatic N) is 1. The maximum atomic E-state index is 14.8. The SMILES string of the molecule is CC[C@@H](CO)n1cc(C(=O)O)c(=O)c2cc(Cc3cccc(CI)c3F)c(OC)cc21. The van der Waals surface area contributed by atoms with Gasteiger partial charge in [0.1, 0.15) is 17.1 Å². The zero-order chi connectivity index (χ0) is 22.7. The van der Waals surface area contributed by atoms with E-state index in [1.54, 1.807) is 34.9 Å². The number of benzene rings is 2. The van der Waals surface area contributed by atoms with Crippen LogP contribution < -0.4 is 10.2 Å². The molecule has 3 rings (SSSR count). The minimum Gasteiger partial charge on any atom is -0.496 e. The van der Waals surface area contributed by atoms with Crippen molar-refractivity contribution in [2.24, 2.45) is 0 Å². The summed E-state index contributed by atoms with van der Waals surface area (Å²) in [4.78, 5) is 24.6. The molecule has 0 bridgehead atoms. The van der Waals surface area contributed by atoms with Gasteiger partial charge in [-0.1, -0.05) is 47.7 Å². The van der Waals surface area contributed by atoms with Crippen LogP contribution in [0.15, 0.2) is 41.3 Å². The first-order valence-corrected chi connectivity index (χ1v) is 11.3. The topological polar surface area (TPSA) is 88.8 Å². The van der Waals surface area contributed by atoms with E-state index in [2.05, 4.69) is 22.6 Å². The van der Waals surface area contributed by atoms with Crippen molar-refractivity contribution in [2.75, 3.05) is 13.7 Å². The summed E-state index contributed by atoms with van der Waals surface area (Å²) in [5.41, 5.74) is 1.07. The number of rotatable bonds is 8. The summed E-state index contributed by atoms with van der Waals surface area (Å²) in [6, 6.07) is 7.99. The quantitative estimate of drug-likeness (QED) is 0.329. The molecule has 0 fully saturated rings. The molecule has 0 saturated carbocycles. The third-order valence-electron chi connectivity index (χ3n) is 5.42. The fraction of sp³-hybridized carbons (Fsp3) is 0.304. The lowest BCUT2D eigenvalue weighted by atomic mass is 9.98. The first kappa shape index (κ1) is 23.2. The Bertz CT molecular complexity index is 1190. The van der Waals surface area contributed by atoms with Crippen molar-refractivity contribution < 1.29 is 24.1 Å². The largest absolute Gasteiger partial charge is 0.496 e. The number of carbonyl (C=O) groups is 1.